The zero-order chi connectivity index (χ0) is 18.2. The number of carbonyl (C=O) groups excluding carboxylic acids is 1. The first-order valence-electron chi connectivity index (χ1n) is 9.62. The van der Waals surface area contributed by atoms with Gasteiger partial charge in [-0.2, -0.15) is 0 Å². The summed E-state index contributed by atoms with van der Waals surface area (Å²) < 4.78 is 15.8. The summed E-state index contributed by atoms with van der Waals surface area (Å²) in [7, 11) is 1.67. The molecule has 0 heterocycles. The number of rotatable bonds is 15. The van der Waals surface area contributed by atoms with Crippen molar-refractivity contribution in [1.82, 2.24) is 0 Å². The molecule has 0 aliphatic carbocycles. The molecule has 25 heavy (non-hydrogen) atoms. The Balaban J connectivity index is 1.80. The molecule has 0 spiro atoms. The van der Waals surface area contributed by atoms with Crippen LogP contribution in [-0.4, -0.2) is 26.3 Å². The Labute approximate surface area is 152 Å². The molecule has 0 aromatic heterocycles. The molecule has 0 aliphatic heterocycles. The number of hydrogen-bond acceptors (Lipinski definition) is 4. The molecule has 1 aromatic carbocycles. The Morgan fingerprint density at radius 3 is 1.64 bits per heavy atom. The maximum Gasteiger partial charge on any atom is 0.302 e. The summed E-state index contributed by atoms with van der Waals surface area (Å²) in [5.74, 6) is 1.60. The maximum atomic E-state index is 10.6. The Kier molecular flexibility index (Phi) is 12.5. The van der Waals surface area contributed by atoms with Crippen molar-refractivity contribution in [2.45, 2.75) is 71.1 Å². The lowest BCUT2D eigenvalue weighted by atomic mass is 10.1. The van der Waals surface area contributed by atoms with Gasteiger partial charge in [-0.3, -0.25) is 4.79 Å². The molecule has 0 fully saturated rings. The molecule has 0 atom stereocenters. The first-order valence-corrected chi connectivity index (χ1v) is 9.62. The molecule has 142 valence electrons. The molecule has 0 unspecified atom stereocenters. The third kappa shape index (κ3) is 12.3. The highest BCUT2D eigenvalue weighted by Crippen LogP contribution is 2.17. The lowest BCUT2D eigenvalue weighted by molar-refractivity contribution is -0.141. The van der Waals surface area contributed by atoms with E-state index in [-0.39, 0.29) is 5.97 Å². The van der Waals surface area contributed by atoms with Crippen LogP contribution >= 0.6 is 0 Å². The number of unbranched alkanes of at least 4 members (excludes halogenated alkanes) is 9. The number of benzene rings is 1. The van der Waals surface area contributed by atoms with Crippen molar-refractivity contribution in [3.8, 4) is 11.5 Å². The van der Waals surface area contributed by atoms with Crippen molar-refractivity contribution >= 4 is 5.97 Å². The molecule has 0 amide bonds. The maximum absolute atomic E-state index is 10.6. The number of carbonyl (C=O) groups is 1. The minimum absolute atomic E-state index is 0.172. The minimum atomic E-state index is -0.172. The van der Waals surface area contributed by atoms with Crippen LogP contribution in [0.25, 0.3) is 0 Å². The van der Waals surface area contributed by atoms with Crippen molar-refractivity contribution in [3.05, 3.63) is 24.3 Å². The average Bonchev–Trinajstić information content (AvgIpc) is 2.62. The molecule has 0 N–H and O–H groups in total. The molecule has 4 nitrogen and oxygen atoms in total. The molecule has 0 radical (unpaired) electrons. The zero-order valence-electron chi connectivity index (χ0n) is 15.9. The lowest BCUT2D eigenvalue weighted by Crippen LogP contribution is -2.00. The SMILES string of the molecule is COc1ccc(OCCCCCCCCCCCCOC(C)=O)cc1. The van der Waals surface area contributed by atoms with E-state index in [4.69, 9.17) is 14.2 Å². The van der Waals surface area contributed by atoms with Gasteiger partial charge in [0.25, 0.3) is 0 Å². The summed E-state index contributed by atoms with van der Waals surface area (Å²) in [5, 5.41) is 0. The molecular formula is C21H34O4. The smallest absolute Gasteiger partial charge is 0.302 e. The fraction of sp³-hybridized carbons (Fsp3) is 0.667. The zero-order valence-corrected chi connectivity index (χ0v) is 15.9. The van der Waals surface area contributed by atoms with Crippen LogP contribution in [0.1, 0.15) is 71.1 Å². The van der Waals surface area contributed by atoms with E-state index >= 15 is 0 Å². The molecule has 0 saturated carbocycles. The fourth-order valence-electron chi connectivity index (χ4n) is 2.70. The lowest BCUT2D eigenvalue weighted by Gasteiger charge is -2.07. The van der Waals surface area contributed by atoms with Crippen LogP contribution in [0, 0.1) is 0 Å². The molecule has 1 rings (SSSR count). The predicted molar refractivity (Wildman–Crippen MR) is 101 cm³/mol. The summed E-state index contributed by atoms with van der Waals surface area (Å²) in [6.45, 7) is 2.83. The highest BCUT2D eigenvalue weighted by atomic mass is 16.5. The Morgan fingerprint density at radius 2 is 1.16 bits per heavy atom. The van der Waals surface area contributed by atoms with E-state index in [1.54, 1.807) is 7.11 Å². The van der Waals surface area contributed by atoms with Crippen LogP contribution in [0.5, 0.6) is 11.5 Å². The highest BCUT2D eigenvalue weighted by Gasteiger charge is 1.97. The predicted octanol–water partition coefficient (Wildman–Crippen LogP) is 5.54. The van der Waals surface area contributed by atoms with E-state index < -0.39 is 0 Å². The molecule has 0 aliphatic rings. The van der Waals surface area contributed by atoms with Gasteiger partial charge in [0.15, 0.2) is 0 Å². The second kappa shape index (κ2) is 14.6. The molecule has 1 aromatic rings. The van der Waals surface area contributed by atoms with Crippen LogP contribution in [0.2, 0.25) is 0 Å². The topological polar surface area (TPSA) is 44.8 Å². The van der Waals surface area contributed by atoms with E-state index in [0.29, 0.717) is 6.61 Å². The summed E-state index contributed by atoms with van der Waals surface area (Å²) in [6.07, 6.45) is 12.3. The minimum Gasteiger partial charge on any atom is -0.497 e. The Morgan fingerprint density at radius 1 is 0.720 bits per heavy atom. The first-order chi connectivity index (χ1) is 12.2. The van der Waals surface area contributed by atoms with Crippen LogP contribution < -0.4 is 9.47 Å². The summed E-state index contributed by atoms with van der Waals surface area (Å²) in [6, 6.07) is 7.74. The largest absolute Gasteiger partial charge is 0.497 e. The van der Waals surface area contributed by atoms with Gasteiger partial charge in [-0.1, -0.05) is 51.4 Å². The van der Waals surface area contributed by atoms with E-state index in [1.807, 2.05) is 24.3 Å². The average molecular weight is 350 g/mol. The Hall–Kier alpha value is -1.71. The van der Waals surface area contributed by atoms with Crippen molar-refractivity contribution in [2.24, 2.45) is 0 Å². The van der Waals surface area contributed by atoms with Gasteiger partial charge >= 0.3 is 5.97 Å². The summed E-state index contributed by atoms with van der Waals surface area (Å²) in [4.78, 5) is 10.6. The Bertz CT molecular complexity index is 442. The monoisotopic (exact) mass is 350 g/mol. The quantitative estimate of drug-likeness (QED) is 0.308. The molecule has 4 heteroatoms. The standard InChI is InChI=1S/C21H34O4/c1-19(22)24-17-11-9-7-5-3-4-6-8-10-12-18-25-21-15-13-20(23-2)14-16-21/h13-16H,3-12,17-18H2,1-2H3. The van der Waals surface area contributed by atoms with E-state index in [0.717, 1.165) is 37.4 Å². The van der Waals surface area contributed by atoms with Gasteiger partial charge in [0.1, 0.15) is 11.5 Å². The first kappa shape index (κ1) is 21.3. The van der Waals surface area contributed by atoms with Gasteiger partial charge < -0.3 is 14.2 Å². The van der Waals surface area contributed by atoms with Gasteiger partial charge in [-0.05, 0) is 37.1 Å². The highest BCUT2D eigenvalue weighted by molar-refractivity contribution is 5.65. The van der Waals surface area contributed by atoms with Crippen LogP contribution in [0.4, 0.5) is 0 Å². The number of hydrogen-bond donors (Lipinski definition) is 0. The third-order valence-electron chi connectivity index (χ3n) is 4.17. The van der Waals surface area contributed by atoms with Crippen molar-refractivity contribution in [3.63, 3.8) is 0 Å². The van der Waals surface area contributed by atoms with E-state index in [2.05, 4.69) is 0 Å². The summed E-state index contributed by atoms with van der Waals surface area (Å²) in [5.41, 5.74) is 0. The van der Waals surface area contributed by atoms with Crippen molar-refractivity contribution < 1.29 is 19.0 Å². The molecule has 0 saturated heterocycles. The van der Waals surface area contributed by atoms with Gasteiger partial charge in [0.05, 0.1) is 20.3 Å². The van der Waals surface area contributed by atoms with Gasteiger partial charge in [0, 0.05) is 6.92 Å². The normalized spacial score (nSPS) is 10.5. The van der Waals surface area contributed by atoms with Gasteiger partial charge in [-0.15, -0.1) is 0 Å². The van der Waals surface area contributed by atoms with Gasteiger partial charge in [-0.25, -0.2) is 0 Å². The summed E-state index contributed by atoms with van der Waals surface area (Å²) >= 11 is 0. The number of esters is 1. The van der Waals surface area contributed by atoms with Crippen molar-refractivity contribution in [1.29, 1.82) is 0 Å². The van der Waals surface area contributed by atoms with Gasteiger partial charge in [0.2, 0.25) is 0 Å². The number of ether oxygens (including phenoxy) is 3. The van der Waals surface area contributed by atoms with E-state index in [9.17, 15) is 4.79 Å². The van der Waals surface area contributed by atoms with Crippen LogP contribution in [0.3, 0.4) is 0 Å². The number of methoxy groups -OCH3 is 1. The van der Waals surface area contributed by atoms with Crippen LogP contribution in [0.15, 0.2) is 24.3 Å². The van der Waals surface area contributed by atoms with Crippen LogP contribution in [-0.2, 0) is 9.53 Å². The molecule has 0 bridgehead atoms. The second-order valence-corrected chi connectivity index (χ2v) is 6.40. The fourth-order valence-corrected chi connectivity index (χ4v) is 2.70. The van der Waals surface area contributed by atoms with Crippen molar-refractivity contribution in [2.75, 3.05) is 20.3 Å². The van der Waals surface area contributed by atoms with E-state index in [1.165, 1.54) is 51.9 Å². The molecular weight excluding hydrogens is 316 g/mol. The third-order valence-corrected chi connectivity index (χ3v) is 4.17. The second-order valence-electron chi connectivity index (χ2n) is 6.40.